The summed E-state index contributed by atoms with van der Waals surface area (Å²) in [5.41, 5.74) is 2.42. The minimum Gasteiger partial charge on any atom is -0.341 e. The van der Waals surface area contributed by atoms with E-state index in [1.54, 1.807) is 0 Å². The lowest BCUT2D eigenvalue weighted by Crippen LogP contribution is -2.40. The van der Waals surface area contributed by atoms with Crippen LogP contribution in [-0.2, 0) is 21.7 Å². The Morgan fingerprint density at radius 2 is 1.60 bits per heavy atom. The van der Waals surface area contributed by atoms with Crippen LogP contribution in [0.2, 0.25) is 0 Å². The number of alkyl halides is 1. The first-order valence-electron chi connectivity index (χ1n) is 7.21. The van der Waals surface area contributed by atoms with E-state index in [-0.39, 0.29) is 4.83 Å². The highest BCUT2D eigenvalue weighted by atomic mass is 79.9. The summed E-state index contributed by atoms with van der Waals surface area (Å²) in [7, 11) is 0. The first kappa shape index (κ1) is 15.7. The molecule has 0 radical (unpaired) electrons. The van der Waals surface area contributed by atoms with E-state index in [2.05, 4.69) is 61.0 Å². The summed E-state index contributed by atoms with van der Waals surface area (Å²) in [4.78, 5) is 0.0749. The average molecular weight is 339 g/mol. The molecule has 0 spiro atoms. The lowest BCUT2D eigenvalue weighted by molar-refractivity contribution is -0.228. The lowest BCUT2D eigenvalue weighted by Gasteiger charge is -2.35. The van der Waals surface area contributed by atoms with E-state index in [4.69, 9.17) is 9.47 Å². The van der Waals surface area contributed by atoms with E-state index in [9.17, 15) is 0 Å². The Hall–Kier alpha value is -0.640. The summed E-state index contributed by atoms with van der Waals surface area (Å²) >= 11 is 3.65. The Kier molecular flexibility index (Phi) is 5.42. The summed E-state index contributed by atoms with van der Waals surface area (Å²) < 4.78 is 12.0. The summed E-state index contributed by atoms with van der Waals surface area (Å²) in [6.45, 7) is 7.68. The molecule has 0 aliphatic carbocycles. The third-order valence-electron chi connectivity index (χ3n) is 3.48. The van der Waals surface area contributed by atoms with Crippen LogP contribution in [0.1, 0.15) is 31.9 Å². The fourth-order valence-electron chi connectivity index (χ4n) is 2.49. The monoisotopic (exact) mass is 338 g/mol. The first-order valence-corrected chi connectivity index (χ1v) is 8.12. The van der Waals surface area contributed by atoms with Gasteiger partial charge in [-0.2, -0.15) is 0 Å². The van der Waals surface area contributed by atoms with Crippen molar-refractivity contribution in [2.75, 3.05) is 13.2 Å². The second-order valence-corrected chi connectivity index (χ2v) is 7.05. The number of rotatable bonds is 4. The fraction of sp³-hybridized carbons (Fsp3) is 0.529. The summed E-state index contributed by atoms with van der Waals surface area (Å²) in [5.74, 6) is -0.0423. The van der Waals surface area contributed by atoms with E-state index in [0.29, 0.717) is 19.1 Å². The standard InChI is InChI=1S/C17H23BrO2/c1-13(2)12-15-6-8-16(9-7-15)17(14(3)18)19-10-4-5-11-20-17/h4-9,13-14H,10-12H2,1-3H3. The normalized spacial score (nSPS) is 19.9. The van der Waals surface area contributed by atoms with Gasteiger partial charge in [0.15, 0.2) is 0 Å². The summed E-state index contributed by atoms with van der Waals surface area (Å²) in [6.07, 6.45) is 5.11. The molecule has 2 rings (SSSR count). The molecule has 110 valence electrons. The van der Waals surface area contributed by atoms with Crippen LogP contribution < -0.4 is 0 Å². The van der Waals surface area contributed by atoms with Crippen molar-refractivity contribution in [3.8, 4) is 0 Å². The first-order chi connectivity index (χ1) is 9.54. The van der Waals surface area contributed by atoms with Gasteiger partial charge in [-0.15, -0.1) is 0 Å². The molecule has 1 aliphatic heterocycles. The predicted molar refractivity (Wildman–Crippen MR) is 86.1 cm³/mol. The third-order valence-corrected chi connectivity index (χ3v) is 4.08. The van der Waals surface area contributed by atoms with Crippen LogP contribution in [0.5, 0.6) is 0 Å². The van der Waals surface area contributed by atoms with Crippen molar-refractivity contribution < 1.29 is 9.47 Å². The van der Waals surface area contributed by atoms with Crippen molar-refractivity contribution in [2.24, 2.45) is 5.92 Å². The number of hydrogen-bond acceptors (Lipinski definition) is 2. The van der Waals surface area contributed by atoms with Crippen molar-refractivity contribution in [1.29, 1.82) is 0 Å². The number of halogens is 1. The molecule has 1 heterocycles. The van der Waals surface area contributed by atoms with Crippen LogP contribution >= 0.6 is 15.9 Å². The topological polar surface area (TPSA) is 18.5 Å². The van der Waals surface area contributed by atoms with E-state index in [0.717, 1.165) is 12.0 Å². The van der Waals surface area contributed by atoms with Gasteiger partial charge in [-0.1, -0.05) is 66.2 Å². The zero-order valence-electron chi connectivity index (χ0n) is 12.4. The molecule has 0 saturated heterocycles. The quantitative estimate of drug-likeness (QED) is 0.597. The highest BCUT2D eigenvalue weighted by Crippen LogP contribution is 2.36. The van der Waals surface area contributed by atoms with Gasteiger partial charge in [-0.25, -0.2) is 0 Å². The third kappa shape index (κ3) is 3.51. The van der Waals surface area contributed by atoms with Gasteiger partial charge in [-0.05, 0) is 24.8 Å². The Balaban J connectivity index is 2.25. The molecule has 0 N–H and O–H groups in total. The van der Waals surface area contributed by atoms with Crippen molar-refractivity contribution in [2.45, 2.75) is 37.8 Å². The van der Waals surface area contributed by atoms with E-state index >= 15 is 0 Å². The minimum atomic E-state index is -0.708. The maximum atomic E-state index is 6.00. The molecule has 0 amide bonds. The highest BCUT2D eigenvalue weighted by molar-refractivity contribution is 9.09. The Morgan fingerprint density at radius 1 is 1.05 bits per heavy atom. The van der Waals surface area contributed by atoms with Crippen molar-refractivity contribution in [3.05, 3.63) is 47.5 Å². The molecule has 1 aromatic carbocycles. The fourth-order valence-corrected chi connectivity index (χ4v) is 3.02. The summed E-state index contributed by atoms with van der Waals surface area (Å²) in [6, 6.07) is 8.61. The van der Waals surface area contributed by atoms with Crippen molar-refractivity contribution in [1.82, 2.24) is 0 Å². The van der Waals surface area contributed by atoms with Crippen LogP contribution in [0.15, 0.2) is 36.4 Å². The number of hydrogen-bond donors (Lipinski definition) is 0. The Morgan fingerprint density at radius 3 is 2.05 bits per heavy atom. The van der Waals surface area contributed by atoms with Crippen LogP contribution in [0, 0.1) is 5.92 Å². The molecule has 1 atom stereocenters. The van der Waals surface area contributed by atoms with Crippen LogP contribution in [0.25, 0.3) is 0 Å². The highest BCUT2D eigenvalue weighted by Gasteiger charge is 2.39. The Labute approximate surface area is 130 Å². The molecular formula is C17H23BrO2. The molecule has 0 saturated carbocycles. The largest absolute Gasteiger partial charge is 0.341 e. The molecule has 20 heavy (non-hydrogen) atoms. The van der Waals surface area contributed by atoms with Crippen molar-refractivity contribution in [3.63, 3.8) is 0 Å². The van der Waals surface area contributed by atoms with Gasteiger partial charge in [0, 0.05) is 5.56 Å². The zero-order chi connectivity index (χ0) is 14.6. The Bertz CT molecular complexity index is 439. The minimum absolute atomic E-state index is 0.0749. The molecule has 0 bridgehead atoms. The second-order valence-electron chi connectivity index (χ2n) is 5.67. The van der Waals surface area contributed by atoms with Gasteiger partial charge < -0.3 is 9.47 Å². The molecular weight excluding hydrogens is 316 g/mol. The van der Waals surface area contributed by atoms with Crippen LogP contribution in [-0.4, -0.2) is 18.0 Å². The van der Waals surface area contributed by atoms with Gasteiger partial charge in [0.25, 0.3) is 0 Å². The van der Waals surface area contributed by atoms with E-state index in [1.807, 2.05) is 12.2 Å². The second kappa shape index (κ2) is 6.88. The number of ether oxygens (including phenoxy) is 2. The molecule has 2 nitrogen and oxygen atoms in total. The van der Waals surface area contributed by atoms with Gasteiger partial charge >= 0.3 is 0 Å². The van der Waals surface area contributed by atoms with Gasteiger partial charge in [0.1, 0.15) is 0 Å². The van der Waals surface area contributed by atoms with Gasteiger partial charge in [0.05, 0.1) is 18.0 Å². The maximum absolute atomic E-state index is 6.00. The molecule has 1 aliphatic rings. The molecule has 0 fully saturated rings. The molecule has 1 aromatic rings. The van der Waals surface area contributed by atoms with Gasteiger partial charge in [-0.3, -0.25) is 0 Å². The van der Waals surface area contributed by atoms with Crippen LogP contribution in [0.3, 0.4) is 0 Å². The smallest absolute Gasteiger partial charge is 0.208 e. The molecule has 1 unspecified atom stereocenters. The SMILES string of the molecule is CC(C)Cc1ccc(C2(C(C)Br)OCC=CCO2)cc1. The van der Waals surface area contributed by atoms with E-state index < -0.39 is 5.79 Å². The van der Waals surface area contributed by atoms with Crippen LogP contribution in [0.4, 0.5) is 0 Å². The molecule has 3 heteroatoms. The number of benzene rings is 1. The van der Waals surface area contributed by atoms with Gasteiger partial charge in [0.2, 0.25) is 5.79 Å². The molecule has 0 aromatic heterocycles. The van der Waals surface area contributed by atoms with Crippen molar-refractivity contribution >= 4 is 15.9 Å². The lowest BCUT2D eigenvalue weighted by atomic mass is 9.97. The average Bonchev–Trinajstić information content (AvgIpc) is 2.65. The predicted octanol–water partition coefficient (Wildman–Crippen LogP) is 4.42. The summed E-state index contributed by atoms with van der Waals surface area (Å²) in [5, 5.41) is 0. The zero-order valence-corrected chi connectivity index (χ0v) is 14.0. The maximum Gasteiger partial charge on any atom is 0.208 e. The van der Waals surface area contributed by atoms with E-state index in [1.165, 1.54) is 5.56 Å².